The lowest BCUT2D eigenvalue weighted by Crippen LogP contribution is -2.14. The van der Waals surface area contributed by atoms with Crippen molar-refractivity contribution in [3.8, 4) is 6.07 Å². The highest BCUT2D eigenvalue weighted by atomic mass is 79.9. The molecule has 0 aromatic heterocycles. The molecule has 0 atom stereocenters. The van der Waals surface area contributed by atoms with Gasteiger partial charge in [0.25, 0.3) is 0 Å². The minimum absolute atomic E-state index is 0.0492. The van der Waals surface area contributed by atoms with Crippen LogP contribution >= 0.6 is 15.9 Å². The Bertz CT molecular complexity index is 523. The van der Waals surface area contributed by atoms with Crippen molar-refractivity contribution in [3.05, 3.63) is 28.2 Å². The first-order valence-corrected chi connectivity index (χ1v) is 6.51. The van der Waals surface area contributed by atoms with Crippen LogP contribution in [-0.2, 0) is 14.3 Å². The number of esters is 1. The van der Waals surface area contributed by atoms with Crippen LogP contribution in [0.1, 0.15) is 25.3 Å². The van der Waals surface area contributed by atoms with E-state index >= 15 is 0 Å². The number of hydrogen-bond donors (Lipinski definition) is 1. The number of hydrogen-bond acceptors (Lipinski definition) is 4. The monoisotopic (exact) mass is 324 g/mol. The van der Waals surface area contributed by atoms with E-state index in [1.807, 2.05) is 6.07 Å². The number of nitrogens with one attached hydrogen (secondary N) is 1. The summed E-state index contributed by atoms with van der Waals surface area (Å²) in [5, 5.41) is 11.4. The van der Waals surface area contributed by atoms with Crippen molar-refractivity contribution in [1.82, 2.24) is 0 Å². The van der Waals surface area contributed by atoms with Crippen LogP contribution < -0.4 is 5.32 Å². The molecule has 0 saturated heterocycles. The lowest BCUT2D eigenvalue weighted by Gasteiger charge is -2.07. The van der Waals surface area contributed by atoms with Gasteiger partial charge in [-0.15, -0.1) is 0 Å². The molecule has 0 spiro atoms. The van der Waals surface area contributed by atoms with Crippen molar-refractivity contribution in [3.63, 3.8) is 0 Å². The quantitative estimate of drug-likeness (QED) is 0.844. The lowest BCUT2D eigenvalue weighted by molar-refractivity contribution is -0.144. The highest BCUT2D eigenvalue weighted by Crippen LogP contribution is 2.23. The number of amides is 1. The van der Waals surface area contributed by atoms with E-state index in [9.17, 15) is 9.59 Å². The zero-order chi connectivity index (χ0) is 14.3. The van der Waals surface area contributed by atoms with Crippen molar-refractivity contribution < 1.29 is 14.3 Å². The molecule has 0 aliphatic carbocycles. The second-order valence-corrected chi connectivity index (χ2v) is 4.51. The van der Waals surface area contributed by atoms with Gasteiger partial charge in [-0.05, 0) is 41.1 Å². The van der Waals surface area contributed by atoms with Gasteiger partial charge in [0.05, 0.1) is 30.3 Å². The topological polar surface area (TPSA) is 79.2 Å². The molecule has 1 aromatic rings. The van der Waals surface area contributed by atoms with Gasteiger partial charge in [0.15, 0.2) is 0 Å². The van der Waals surface area contributed by atoms with E-state index in [0.29, 0.717) is 22.3 Å². The molecular weight excluding hydrogens is 312 g/mol. The molecule has 5 nitrogen and oxygen atoms in total. The highest BCUT2D eigenvalue weighted by molar-refractivity contribution is 9.10. The van der Waals surface area contributed by atoms with Gasteiger partial charge < -0.3 is 10.1 Å². The van der Waals surface area contributed by atoms with Crippen LogP contribution in [0.2, 0.25) is 0 Å². The van der Waals surface area contributed by atoms with Crippen molar-refractivity contribution in [2.75, 3.05) is 11.9 Å². The fourth-order valence-electron chi connectivity index (χ4n) is 1.35. The average molecular weight is 325 g/mol. The van der Waals surface area contributed by atoms with Crippen LogP contribution in [0.25, 0.3) is 0 Å². The summed E-state index contributed by atoms with van der Waals surface area (Å²) in [6.45, 7) is 2.02. The van der Waals surface area contributed by atoms with E-state index in [4.69, 9.17) is 10.00 Å². The Morgan fingerprint density at radius 2 is 2.16 bits per heavy atom. The number of anilines is 1. The van der Waals surface area contributed by atoms with E-state index in [0.717, 1.165) is 0 Å². The molecule has 0 fully saturated rings. The smallest absolute Gasteiger partial charge is 0.306 e. The number of nitrogens with zero attached hydrogens (tertiary/aromatic N) is 1. The summed E-state index contributed by atoms with van der Waals surface area (Å²) in [4.78, 5) is 22.7. The number of carbonyl (C=O) groups is 2. The summed E-state index contributed by atoms with van der Waals surface area (Å²) >= 11 is 3.26. The predicted octanol–water partition coefficient (Wildman–Crippen LogP) is 2.60. The zero-order valence-corrected chi connectivity index (χ0v) is 12.0. The molecule has 1 N–H and O–H groups in total. The van der Waals surface area contributed by atoms with Gasteiger partial charge in [-0.3, -0.25) is 9.59 Å². The molecule has 0 unspecified atom stereocenters. The number of nitriles is 1. The molecule has 1 amide bonds. The third-order valence-electron chi connectivity index (χ3n) is 2.23. The molecule has 0 aliphatic heterocycles. The van der Waals surface area contributed by atoms with Gasteiger partial charge in [0, 0.05) is 10.9 Å². The molecule has 1 aromatic carbocycles. The Morgan fingerprint density at radius 1 is 1.42 bits per heavy atom. The second-order valence-electron chi connectivity index (χ2n) is 3.66. The van der Waals surface area contributed by atoms with Crippen LogP contribution in [0, 0.1) is 11.3 Å². The second kappa shape index (κ2) is 7.54. The summed E-state index contributed by atoms with van der Waals surface area (Å²) in [6, 6.07) is 6.84. The molecule has 1 rings (SSSR count). The van der Waals surface area contributed by atoms with Crippen molar-refractivity contribution in [2.45, 2.75) is 19.8 Å². The van der Waals surface area contributed by atoms with E-state index in [-0.39, 0.29) is 18.7 Å². The Morgan fingerprint density at radius 3 is 2.74 bits per heavy atom. The van der Waals surface area contributed by atoms with Crippen LogP contribution in [-0.4, -0.2) is 18.5 Å². The zero-order valence-electron chi connectivity index (χ0n) is 10.4. The van der Waals surface area contributed by atoms with Crippen LogP contribution in [0.4, 0.5) is 5.69 Å². The van der Waals surface area contributed by atoms with E-state index in [2.05, 4.69) is 21.2 Å². The number of benzene rings is 1. The van der Waals surface area contributed by atoms with Gasteiger partial charge in [0.1, 0.15) is 0 Å². The molecule has 0 saturated carbocycles. The molecule has 100 valence electrons. The van der Waals surface area contributed by atoms with E-state index in [1.165, 1.54) is 0 Å². The van der Waals surface area contributed by atoms with Crippen molar-refractivity contribution in [1.29, 1.82) is 5.26 Å². The highest BCUT2D eigenvalue weighted by Gasteiger charge is 2.09. The third-order valence-corrected chi connectivity index (χ3v) is 2.89. The molecule has 0 radical (unpaired) electrons. The Kier molecular flexibility index (Phi) is 6.03. The van der Waals surface area contributed by atoms with Crippen LogP contribution in [0.5, 0.6) is 0 Å². The minimum Gasteiger partial charge on any atom is -0.466 e. The summed E-state index contributed by atoms with van der Waals surface area (Å²) in [7, 11) is 0. The van der Waals surface area contributed by atoms with Crippen molar-refractivity contribution >= 4 is 33.5 Å². The average Bonchev–Trinajstić information content (AvgIpc) is 2.39. The maximum Gasteiger partial charge on any atom is 0.306 e. The van der Waals surface area contributed by atoms with E-state index in [1.54, 1.807) is 25.1 Å². The fourth-order valence-corrected chi connectivity index (χ4v) is 1.83. The molecule has 6 heteroatoms. The number of ether oxygens (including phenoxy) is 1. The van der Waals surface area contributed by atoms with Gasteiger partial charge >= 0.3 is 5.97 Å². The summed E-state index contributed by atoms with van der Waals surface area (Å²) in [5.41, 5.74) is 1.06. The van der Waals surface area contributed by atoms with Gasteiger partial charge in [0.2, 0.25) is 5.91 Å². The van der Waals surface area contributed by atoms with Gasteiger partial charge in [-0.2, -0.15) is 5.26 Å². The standard InChI is InChI=1S/C13H13BrN2O3/c1-2-19-13(18)6-5-12(17)16-11-4-3-9(8-15)7-10(11)14/h3-4,7H,2,5-6H2,1H3,(H,16,17). The fraction of sp³-hybridized carbons (Fsp3) is 0.308. The third kappa shape index (κ3) is 5.10. The molecule has 19 heavy (non-hydrogen) atoms. The SMILES string of the molecule is CCOC(=O)CCC(=O)Nc1ccc(C#N)cc1Br. The van der Waals surface area contributed by atoms with Gasteiger partial charge in [-0.1, -0.05) is 0 Å². The first kappa shape index (κ1) is 15.2. The first-order chi connectivity index (χ1) is 9.06. The predicted molar refractivity (Wildman–Crippen MR) is 73.4 cm³/mol. The summed E-state index contributed by atoms with van der Waals surface area (Å²) < 4.78 is 5.35. The Hall–Kier alpha value is -1.87. The molecule has 0 bridgehead atoms. The maximum atomic E-state index is 11.6. The summed E-state index contributed by atoms with van der Waals surface area (Å²) in [5.74, 6) is -0.671. The first-order valence-electron chi connectivity index (χ1n) is 5.72. The molecule has 0 aliphatic rings. The number of halogens is 1. The molecular formula is C13H13BrN2O3. The van der Waals surface area contributed by atoms with E-state index < -0.39 is 5.97 Å². The number of carbonyl (C=O) groups excluding carboxylic acids is 2. The normalized spacial score (nSPS) is 9.53. The maximum absolute atomic E-state index is 11.6. The van der Waals surface area contributed by atoms with Crippen LogP contribution in [0.3, 0.4) is 0 Å². The minimum atomic E-state index is -0.392. The number of rotatable bonds is 5. The van der Waals surface area contributed by atoms with Crippen molar-refractivity contribution in [2.24, 2.45) is 0 Å². The summed E-state index contributed by atoms with van der Waals surface area (Å²) in [6.07, 6.45) is 0.110. The van der Waals surface area contributed by atoms with Gasteiger partial charge in [-0.25, -0.2) is 0 Å². The van der Waals surface area contributed by atoms with Crippen LogP contribution in [0.15, 0.2) is 22.7 Å². The largest absolute Gasteiger partial charge is 0.466 e. The lowest BCUT2D eigenvalue weighted by atomic mass is 10.2. The molecule has 0 heterocycles. The Balaban J connectivity index is 2.53. The Labute approximate surface area is 119 Å².